The normalized spacial score (nSPS) is 20.5. The predicted molar refractivity (Wildman–Crippen MR) is 85.7 cm³/mol. The summed E-state index contributed by atoms with van der Waals surface area (Å²) in [7, 11) is 0. The third-order valence-electron chi connectivity index (χ3n) is 4.25. The molecule has 1 saturated carbocycles. The Kier molecular flexibility index (Phi) is 4.80. The second kappa shape index (κ2) is 7.00. The lowest BCUT2D eigenvalue weighted by atomic mass is 10.1. The number of morpholine rings is 1. The number of amides is 2. The lowest BCUT2D eigenvalue weighted by Gasteiger charge is -2.34. The van der Waals surface area contributed by atoms with E-state index in [0.717, 1.165) is 12.8 Å². The van der Waals surface area contributed by atoms with E-state index in [1.165, 1.54) is 0 Å². The van der Waals surface area contributed by atoms with Crippen LogP contribution in [0.5, 0.6) is 0 Å². The van der Waals surface area contributed by atoms with Crippen LogP contribution < -0.4 is 5.32 Å². The largest absolute Gasteiger partial charge is 0.481 e. The fourth-order valence-electron chi connectivity index (χ4n) is 2.74. The number of ether oxygens (including phenoxy) is 1. The quantitative estimate of drug-likeness (QED) is 0.848. The minimum atomic E-state index is -0.957. The van der Waals surface area contributed by atoms with E-state index in [2.05, 4.69) is 5.32 Å². The average Bonchev–Trinajstić information content (AvgIpc) is 3.40. The molecule has 0 spiro atoms. The number of benzene rings is 1. The van der Waals surface area contributed by atoms with Crippen LogP contribution >= 0.6 is 0 Å². The lowest BCUT2D eigenvalue weighted by molar-refractivity contribution is -0.139. The first-order chi connectivity index (χ1) is 11.5. The summed E-state index contributed by atoms with van der Waals surface area (Å²) in [5, 5.41) is 11.8. The molecule has 3 rings (SSSR count). The van der Waals surface area contributed by atoms with Gasteiger partial charge >= 0.3 is 5.97 Å². The first kappa shape index (κ1) is 16.4. The molecule has 7 heteroatoms. The number of carboxylic acids is 1. The predicted octanol–water partition coefficient (Wildman–Crippen LogP) is 1.35. The van der Waals surface area contributed by atoms with Crippen LogP contribution in [0.4, 0.5) is 5.69 Å². The third kappa shape index (κ3) is 3.91. The van der Waals surface area contributed by atoms with E-state index >= 15 is 0 Å². The number of rotatable bonds is 5. The summed E-state index contributed by atoms with van der Waals surface area (Å²) in [5.41, 5.74) is 1.13. The number of hydrogen-bond donors (Lipinski definition) is 2. The number of carbonyl (C=O) groups excluding carboxylic acids is 2. The molecule has 0 radical (unpaired) electrons. The van der Waals surface area contributed by atoms with Gasteiger partial charge in [0.2, 0.25) is 5.91 Å². The summed E-state index contributed by atoms with van der Waals surface area (Å²) in [5.74, 6) is -1.04. The van der Waals surface area contributed by atoms with Crippen molar-refractivity contribution in [2.75, 3.05) is 25.1 Å². The molecule has 1 aliphatic carbocycles. The number of nitrogens with zero attached hydrogens (tertiary/aromatic N) is 1. The zero-order valence-electron chi connectivity index (χ0n) is 13.2. The minimum absolute atomic E-state index is 0.0174. The van der Waals surface area contributed by atoms with Gasteiger partial charge in [-0.2, -0.15) is 0 Å². The summed E-state index contributed by atoms with van der Waals surface area (Å²) >= 11 is 0. The zero-order chi connectivity index (χ0) is 17.1. The summed E-state index contributed by atoms with van der Waals surface area (Å²) in [4.78, 5) is 36.9. The van der Waals surface area contributed by atoms with Crippen LogP contribution in [0, 0.1) is 5.92 Å². The van der Waals surface area contributed by atoms with Crippen LogP contribution in [-0.4, -0.2) is 53.6 Å². The molecule has 1 heterocycles. The highest BCUT2D eigenvalue weighted by atomic mass is 16.5. The molecule has 128 valence electrons. The Labute approximate surface area is 139 Å². The van der Waals surface area contributed by atoms with E-state index in [9.17, 15) is 14.4 Å². The van der Waals surface area contributed by atoms with Gasteiger partial charge in [-0.25, -0.2) is 0 Å². The van der Waals surface area contributed by atoms with Crippen LogP contribution in [-0.2, 0) is 14.3 Å². The van der Waals surface area contributed by atoms with Gasteiger partial charge in [-0.3, -0.25) is 14.4 Å². The zero-order valence-corrected chi connectivity index (χ0v) is 13.2. The van der Waals surface area contributed by atoms with Gasteiger partial charge in [0.25, 0.3) is 5.91 Å². The van der Waals surface area contributed by atoms with Crippen LogP contribution in [0.1, 0.15) is 29.6 Å². The highest BCUT2D eigenvalue weighted by molar-refractivity contribution is 5.97. The molecule has 1 aliphatic heterocycles. The maximum Gasteiger partial charge on any atom is 0.305 e. The first-order valence-corrected chi connectivity index (χ1v) is 8.06. The Morgan fingerprint density at radius 3 is 2.54 bits per heavy atom. The number of nitrogens with one attached hydrogen (secondary N) is 1. The third-order valence-corrected chi connectivity index (χ3v) is 4.25. The molecule has 2 fully saturated rings. The molecule has 1 aromatic rings. The van der Waals surface area contributed by atoms with Gasteiger partial charge in [0, 0.05) is 23.7 Å². The molecule has 0 aromatic heterocycles. The molecular formula is C17H20N2O5. The molecule has 2 aliphatic rings. The van der Waals surface area contributed by atoms with E-state index < -0.39 is 12.0 Å². The second-order valence-electron chi connectivity index (χ2n) is 6.17. The van der Waals surface area contributed by atoms with Gasteiger partial charge in [-0.05, 0) is 37.1 Å². The van der Waals surface area contributed by atoms with E-state index in [-0.39, 0.29) is 30.8 Å². The van der Waals surface area contributed by atoms with Crippen LogP contribution in [0.25, 0.3) is 0 Å². The average molecular weight is 332 g/mol. The fraction of sp³-hybridized carbons (Fsp3) is 0.471. The Balaban J connectivity index is 1.66. The van der Waals surface area contributed by atoms with Gasteiger partial charge < -0.3 is 20.1 Å². The maximum absolute atomic E-state index is 12.6. The Morgan fingerprint density at radius 2 is 1.92 bits per heavy atom. The number of carbonyl (C=O) groups is 3. The molecule has 1 unspecified atom stereocenters. The first-order valence-electron chi connectivity index (χ1n) is 8.06. The minimum Gasteiger partial charge on any atom is -0.481 e. The smallest absolute Gasteiger partial charge is 0.305 e. The second-order valence-corrected chi connectivity index (χ2v) is 6.17. The molecule has 24 heavy (non-hydrogen) atoms. The van der Waals surface area contributed by atoms with Gasteiger partial charge in [-0.15, -0.1) is 0 Å². The Bertz CT molecular complexity index is 639. The molecule has 1 atom stereocenters. The summed E-state index contributed by atoms with van der Waals surface area (Å²) in [6, 6.07) is 6.23. The molecule has 7 nitrogen and oxygen atoms in total. The van der Waals surface area contributed by atoms with Gasteiger partial charge in [0.05, 0.1) is 25.7 Å². The van der Waals surface area contributed by atoms with E-state index in [4.69, 9.17) is 9.84 Å². The summed E-state index contributed by atoms with van der Waals surface area (Å²) < 4.78 is 5.29. The van der Waals surface area contributed by atoms with Gasteiger partial charge in [-0.1, -0.05) is 0 Å². The fourth-order valence-corrected chi connectivity index (χ4v) is 2.74. The van der Waals surface area contributed by atoms with Crippen molar-refractivity contribution >= 4 is 23.5 Å². The van der Waals surface area contributed by atoms with Gasteiger partial charge in [0.15, 0.2) is 0 Å². The summed E-state index contributed by atoms with van der Waals surface area (Å²) in [6.07, 6.45) is 1.73. The highest BCUT2D eigenvalue weighted by Gasteiger charge is 2.31. The topological polar surface area (TPSA) is 95.9 Å². The maximum atomic E-state index is 12.6. The molecule has 2 amide bonds. The number of aliphatic carboxylic acids is 1. The van der Waals surface area contributed by atoms with Crippen molar-refractivity contribution in [2.45, 2.75) is 25.3 Å². The molecular weight excluding hydrogens is 312 g/mol. The molecule has 1 saturated heterocycles. The monoisotopic (exact) mass is 332 g/mol. The van der Waals surface area contributed by atoms with Gasteiger partial charge in [0.1, 0.15) is 0 Å². The van der Waals surface area contributed by atoms with Crippen molar-refractivity contribution < 1.29 is 24.2 Å². The molecule has 2 N–H and O–H groups in total. The van der Waals surface area contributed by atoms with Crippen molar-refractivity contribution in [1.29, 1.82) is 0 Å². The standard InChI is InChI=1S/C17H20N2O5/c20-15(21)9-14-10-24-8-7-19(14)17(23)12-3-5-13(6-4-12)18-16(22)11-1-2-11/h3-6,11,14H,1-2,7-10H2,(H,18,22)(H,20,21). The van der Waals surface area contributed by atoms with Crippen molar-refractivity contribution in [2.24, 2.45) is 5.92 Å². The van der Waals surface area contributed by atoms with E-state index in [0.29, 0.717) is 24.4 Å². The summed E-state index contributed by atoms with van der Waals surface area (Å²) in [6.45, 7) is 1.00. The molecule has 1 aromatic carbocycles. The van der Waals surface area contributed by atoms with E-state index in [1.54, 1.807) is 29.2 Å². The SMILES string of the molecule is O=C(O)CC1COCCN1C(=O)c1ccc(NC(=O)C2CC2)cc1. The number of carboxylic acid groups (broad SMARTS) is 1. The van der Waals surface area contributed by atoms with Crippen molar-refractivity contribution in [3.05, 3.63) is 29.8 Å². The molecule has 0 bridgehead atoms. The highest BCUT2D eigenvalue weighted by Crippen LogP contribution is 2.30. The van der Waals surface area contributed by atoms with E-state index in [1.807, 2.05) is 0 Å². The van der Waals surface area contributed by atoms with Crippen molar-refractivity contribution in [3.8, 4) is 0 Å². The number of hydrogen-bond acceptors (Lipinski definition) is 4. The number of anilines is 1. The Morgan fingerprint density at radius 1 is 1.21 bits per heavy atom. The lowest BCUT2D eigenvalue weighted by Crippen LogP contribution is -2.49. The van der Waals surface area contributed by atoms with Crippen molar-refractivity contribution in [3.63, 3.8) is 0 Å². The van der Waals surface area contributed by atoms with Crippen LogP contribution in [0.3, 0.4) is 0 Å². The van der Waals surface area contributed by atoms with Crippen LogP contribution in [0.2, 0.25) is 0 Å². The van der Waals surface area contributed by atoms with Crippen LogP contribution in [0.15, 0.2) is 24.3 Å². The van der Waals surface area contributed by atoms with Crippen molar-refractivity contribution in [1.82, 2.24) is 4.90 Å². The Hall–Kier alpha value is -2.41.